The molecule has 6 nitrogen and oxygen atoms in total. The molecule has 1 saturated heterocycles. The second-order valence-electron chi connectivity index (χ2n) is 6.16. The molecule has 3 rings (SSSR count). The number of amides is 1. The third kappa shape index (κ3) is 2.79. The predicted molar refractivity (Wildman–Crippen MR) is 89.3 cm³/mol. The molecule has 126 valence electrons. The molecule has 1 N–H and O–H groups in total. The van der Waals surface area contributed by atoms with Crippen LogP contribution in [0.1, 0.15) is 41.0 Å². The minimum absolute atomic E-state index is 0.211. The molecule has 1 atom stereocenters. The normalized spacial score (nSPS) is 17.8. The highest BCUT2D eigenvalue weighted by molar-refractivity contribution is 5.98. The maximum Gasteiger partial charge on any atom is 0.326 e. The third-order valence-corrected chi connectivity index (χ3v) is 4.59. The van der Waals surface area contributed by atoms with Crippen LogP contribution in [-0.4, -0.2) is 44.0 Å². The second kappa shape index (κ2) is 6.47. The Morgan fingerprint density at radius 1 is 1.25 bits per heavy atom. The number of hydrogen-bond acceptors (Lipinski definition) is 3. The molecular weight excluding hydrogens is 306 g/mol. The highest BCUT2D eigenvalue weighted by atomic mass is 16.4. The van der Waals surface area contributed by atoms with Crippen LogP contribution in [0.4, 0.5) is 0 Å². The van der Waals surface area contributed by atoms with Gasteiger partial charge >= 0.3 is 5.97 Å². The summed E-state index contributed by atoms with van der Waals surface area (Å²) in [5.41, 5.74) is 2.23. The summed E-state index contributed by atoms with van der Waals surface area (Å²) in [6, 6.07) is 6.71. The van der Waals surface area contributed by atoms with Gasteiger partial charge in [0.15, 0.2) is 0 Å². The Bertz CT molecular complexity index is 767. The molecule has 1 unspecified atom stereocenters. The number of aromatic nitrogens is 2. The van der Waals surface area contributed by atoms with E-state index in [9.17, 15) is 14.7 Å². The van der Waals surface area contributed by atoms with E-state index in [1.807, 2.05) is 42.7 Å². The summed E-state index contributed by atoms with van der Waals surface area (Å²) in [6.07, 6.45) is 3.91. The third-order valence-electron chi connectivity index (χ3n) is 4.59. The number of likely N-dealkylation sites (tertiary alicyclic amines) is 1. The summed E-state index contributed by atoms with van der Waals surface area (Å²) in [5, 5.41) is 9.40. The van der Waals surface area contributed by atoms with Gasteiger partial charge in [0.2, 0.25) is 0 Å². The van der Waals surface area contributed by atoms with Crippen LogP contribution in [0.5, 0.6) is 0 Å². The van der Waals surface area contributed by atoms with Gasteiger partial charge in [0.05, 0.1) is 5.56 Å². The fraction of sp³-hybridized carbons (Fsp3) is 0.389. The quantitative estimate of drug-likeness (QED) is 0.940. The SMILES string of the molecule is Cc1cc(C(=O)N2CCCCC2C(=O)O)c(C)n1-c1ccccn1. The summed E-state index contributed by atoms with van der Waals surface area (Å²) >= 11 is 0. The molecule has 0 saturated carbocycles. The number of pyridine rings is 1. The molecule has 0 bridgehead atoms. The molecule has 1 fully saturated rings. The topological polar surface area (TPSA) is 75.4 Å². The number of carbonyl (C=O) groups excluding carboxylic acids is 1. The molecule has 0 aliphatic carbocycles. The van der Waals surface area contributed by atoms with Crippen molar-refractivity contribution in [2.24, 2.45) is 0 Å². The van der Waals surface area contributed by atoms with Gasteiger partial charge in [0.25, 0.3) is 5.91 Å². The fourth-order valence-electron chi connectivity index (χ4n) is 3.40. The molecule has 2 aromatic rings. The largest absolute Gasteiger partial charge is 0.480 e. The first-order valence-electron chi connectivity index (χ1n) is 8.15. The van der Waals surface area contributed by atoms with Crippen LogP contribution in [0, 0.1) is 13.8 Å². The van der Waals surface area contributed by atoms with E-state index in [4.69, 9.17) is 0 Å². The van der Waals surface area contributed by atoms with Crippen LogP contribution < -0.4 is 0 Å². The molecule has 0 aromatic carbocycles. The van der Waals surface area contributed by atoms with Crippen molar-refractivity contribution >= 4 is 11.9 Å². The molecule has 1 amide bonds. The minimum atomic E-state index is -0.929. The number of piperidine rings is 1. The number of rotatable bonds is 3. The van der Waals surface area contributed by atoms with Gasteiger partial charge in [-0.3, -0.25) is 4.79 Å². The van der Waals surface area contributed by atoms with Crippen LogP contribution in [0.2, 0.25) is 0 Å². The van der Waals surface area contributed by atoms with Crippen LogP contribution in [0.15, 0.2) is 30.5 Å². The van der Waals surface area contributed by atoms with Crippen molar-refractivity contribution in [3.63, 3.8) is 0 Å². The van der Waals surface area contributed by atoms with E-state index >= 15 is 0 Å². The maximum atomic E-state index is 13.0. The van der Waals surface area contributed by atoms with Crippen LogP contribution in [0.3, 0.4) is 0 Å². The van der Waals surface area contributed by atoms with Gasteiger partial charge in [-0.1, -0.05) is 6.07 Å². The van der Waals surface area contributed by atoms with Crippen LogP contribution >= 0.6 is 0 Å². The Balaban J connectivity index is 1.98. The lowest BCUT2D eigenvalue weighted by atomic mass is 10.0. The zero-order valence-electron chi connectivity index (χ0n) is 13.9. The zero-order chi connectivity index (χ0) is 17.3. The highest BCUT2D eigenvalue weighted by Gasteiger charge is 2.33. The minimum Gasteiger partial charge on any atom is -0.480 e. The Morgan fingerprint density at radius 2 is 2.04 bits per heavy atom. The van der Waals surface area contributed by atoms with E-state index in [1.165, 1.54) is 4.90 Å². The van der Waals surface area contributed by atoms with E-state index in [1.54, 1.807) is 6.20 Å². The smallest absolute Gasteiger partial charge is 0.326 e. The Kier molecular flexibility index (Phi) is 4.38. The molecule has 3 heterocycles. The molecule has 24 heavy (non-hydrogen) atoms. The van der Waals surface area contributed by atoms with Gasteiger partial charge in [-0.25, -0.2) is 9.78 Å². The van der Waals surface area contributed by atoms with Gasteiger partial charge < -0.3 is 14.6 Å². The van der Waals surface area contributed by atoms with E-state index in [-0.39, 0.29) is 5.91 Å². The summed E-state index contributed by atoms with van der Waals surface area (Å²) in [5.74, 6) is -0.390. The van der Waals surface area contributed by atoms with Crippen molar-refractivity contribution in [1.82, 2.24) is 14.5 Å². The number of hydrogen-bond donors (Lipinski definition) is 1. The number of aliphatic carboxylic acids is 1. The first-order valence-corrected chi connectivity index (χ1v) is 8.15. The zero-order valence-corrected chi connectivity index (χ0v) is 13.9. The predicted octanol–water partition coefficient (Wildman–Crippen LogP) is 2.57. The molecule has 0 radical (unpaired) electrons. The molecule has 1 aliphatic heterocycles. The van der Waals surface area contributed by atoms with Crippen molar-refractivity contribution in [3.05, 3.63) is 47.4 Å². The summed E-state index contributed by atoms with van der Waals surface area (Å²) in [4.78, 5) is 30.3. The lowest BCUT2D eigenvalue weighted by Gasteiger charge is -2.33. The first-order chi connectivity index (χ1) is 11.5. The summed E-state index contributed by atoms with van der Waals surface area (Å²) < 4.78 is 1.92. The fourth-order valence-corrected chi connectivity index (χ4v) is 3.40. The van der Waals surface area contributed by atoms with Crippen LogP contribution in [0.25, 0.3) is 5.82 Å². The van der Waals surface area contributed by atoms with E-state index in [0.717, 1.165) is 30.0 Å². The average Bonchev–Trinajstić information content (AvgIpc) is 2.89. The van der Waals surface area contributed by atoms with Crippen molar-refractivity contribution < 1.29 is 14.7 Å². The van der Waals surface area contributed by atoms with Crippen molar-refractivity contribution in [2.75, 3.05) is 6.54 Å². The number of carbonyl (C=O) groups is 2. The van der Waals surface area contributed by atoms with Crippen LogP contribution in [-0.2, 0) is 4.79 Å². The molecule has 1 aliphatic rings. The maximum absolute atomic E-state index is 13.0. The van der Waals surface area contributed by atoms with Gasteiger partial charge in [0.1, 0.15) is 11.9 Å². The Hall–Kier alpha value is -2.63. The van der Waals surface area contributed by atoms with Gasteiger partial charge in [-0.05, 0) is 51.3 Å². The first kappa shape index (κ1) is 16.2. The molecule has 6 heteroatoms. The summed E-state index contributed by atoms with van der Waals surface area (Å²) in [6.45, 7) is 4.28. The summed E-state index contributed by atoms with van der Waals surface area (Å²) in [7, 11) is 0. The van der Waals surface area contributed by atoms with E-state index in [0.29, 0.717) is 18.5 Å². The number of nitrogens with zero attached hydrogens (tertiary/aromatic N) is 3. The molecule has 0 spiro atoms. The van der Waals surface area contributed by atoms with Gasteiger partial charge in [-0.15, -0.1) is 0 Å². The Morgan fingerprint density at radius 3 is 2.71 bits per heavy atom. The van der Waals surface area contributed by atoms with E-state index in [2.05, 4.69) is 4.98 Å². The molecule has 2 aromatic heterocycles. The highest BCUT2D eigenvalue weighted by Crippen LogP contribution is 2.25. The average molecular weight is 327 g/mol. The van der Waals surface area contributed by atoms with Crippen molar-refractivity contribution in [2.45, 2.75) is 39.2 Å². The number of carboxylic acid groups (broad SMARTS) is 1. The lowest BCUT2D eigenvalue weighted by Crippen LogP contribution is -2.48. The number of carboxylic acids is 1. The Labute approximate surface area is 140 Å². The van der Waals surface area contributed by atoms with Crippen molar-refractivity contribution in [1.29, 1.82) is 0 Å². The van der Waals surface area contributed by atoms with Crippen molar-refractivity contribution in [3.8, 4) is 5.82 Å². The van der Waals surface area contributed by atoms with E-state index < -0.39 is 12.0 Å². The molecular formula is C18H21N3O3. The van der Waals surface area contributed by atoms with Gasteiger partial charge in [0, 0.05) is 24.1 Å². The second-order valence-corrected chi connectivity index (χ2v) is 6.16. The monoisotopic (exact) mass is 327 g/mol. The lowest BCUT2D eigenvalue weighted by molar-refractivity contribution is -0.143. The number of aryl methyl sites for hydroxylation is 1. The van der Waals surface area contributed by atoms with Gasteiger partial charge in [-0.2, -0.15) is 0 Å². The standard InChI is InChI=1S/C18H21N3O3/c1-12-11-14(13(2)21(12)16-8-3-5-9-19-16)17(22)20-10-6-4-7-15(20)18(23)24/h3,5,8-9,11,15H,4,6-7,10H2,1-2H3,(H,23,24).